The number of hydrogen-bond donors (Lipinski definition) is 3. The number of aromatic nitrogens is 1. The summed E-state index contributed by atoms with van der Waals surface area (Å²) in [6.07, 6.45) is 10.5. The summed E-state index contributed by atoms with van der Waals surface area (Å²) < 4.78 is 11.4. The van der Waals surface area contributed by atoms with E-state index < -0.39 is 0 Å². The van der Waals surface area contributed by atoms with Crippen molar-refractivity contribution in [3.05, 3.63) is 108 Å². The number of oxazole rings is 1. The smallest absolute Gasteiger partial charge is 0.273 e. The molecule has 35 heavy (non-hydrogen) atoms. The lowest BCUT2D eigenvalue weighted by atomic mass is 10.00. The molecular weight excluding hydrogens is 442 g/mol. The van der Waals surface area contributed by atoms with E-state index in [2.05, 4.69) is 33.4 Å². The van der Waals surface area contributed by atoms with Crippen LogP contribution in [-0.2, 0) is 0 Å². The first-order chi connectivity index (χ1) is 17.1. The molecule has 1 atom stereocenters. The number of carbonyl (C=O) groups is 1. The molecule has 0 saturated heterocycles. The lowest BCUT2D eigenvalue weighted by molar-refractivity contribution is 0.0951. The van der Waals surface area contributed by atoms with Gasteiger partial charge in [0.05, 0.1) is 12.2 Å². The number of allylic oxidation sites excluding steroid dienone is 2. The molecule has 178 valence electrons. The number of amides is 1. The van der Waals surface area contributed by atoms with Gasteiger partial charge in [-0.2, -0.15) is 0 Å². The van der Waals surface area contributed by atoms with Crippen LogP contribution in [0.15, 0.2) is 101 Å². The quantitative estimate of drug-likeness (QED) is 0.458. The molecule has 0 spiro atoms. The molecule has 2 heterocycles. The summed E-state index contributed by atoms with van der Waals surface area (Å²) in [5.74, 6) is 2.07. The monoisotopic (exact) mass is 469 g/mol. The van der Waals surface area contributed by atoms with E-state index in [1.165, 1.54) is 6.26 Å². The van der Waals surface area contributed by atoms with Crippen molar-refractivity contribution in [2.75, 3.05) is 13.1 Å². The fourth-order valence-electron chi connectivity index (χ4n) is 3.84. The maximum Gasteiger partial charge on any atom is 0.273 e. The van der Waals surface area contributed by atoms with Crippen LogP contribution in [0.1, 0.15) is 22.5 Å². The number of nitrogens with zero attached hydrogens (tertiary/aromatic N) is 2. The molecular formula is C27H27N5O3. The van der Waals surface area contributed by atoms with Crippen molar-refractivity contribution in [3.63, 3.8) is 0 Å². The second-order valence-corrected chi connectivity index (χ2v) is 8.51. The second kappa shape index (κ2) is 10.3. The molecule has 8 heteroatoms. The number of nitrogens with one attached hydrogen (secondary N) is 3. The first kappa shape index (κ1) is 22.5. The Bertz CT molecular complexity index is 1260. The summed E-state index contributed by atoms with van der Waals surface area (Å²) in [5.41, 5.74) is 9.29. The SMILES string of the molecule is Cc1ccc(-c2nc(C(=O)NCC3=CN(CC4C=C(Oc5ccccc5)C=CC4)NN3)co2)cc1. The Morgan fingerprint density at radius 1 is 1.20 bits per heavy atom. The van der Waals surface area contributed by atoms with Gasteiger partial charge >= 0.3 is 0 Å². The van der Waals surface area contributed by atoms with Crippen LogP contribution >= 0.6 is 0 Å². The van der Waals surface area contributed by atoms with E-state index in [-0.39, 0.29) is 17.5 Å². The third-order valence-electron chi connectivity index (χ3n) is 5.68. The molecule has 2 aromatic carbocycles. The number of ether oxygens (including phenoxy) is 1. The number of aryl methyl sites for hydroxylation is 1. The molecule has 1 aliphatic heterocycles. The minimum absolute atomic E-state index is 0.245. The molecule has 2 aliphatic rings. The van der Waals surface area contributed by atoms with E-state index in [1.807, 2.05) is 78.8 Å². The van der Waals surface area contributed by atoms with E-state index in [9.17, 15) is 4.79 Å². The van der Waals surface area contributed by atoms with Gasteiger partial charge in [0.2, 0.25) is 5.89 Å². The van der Waals surface area contributed by atoms with Gasteiger partial charge in [-0.1, -0.05) is 42.0 Å². The third kappa shape index (κ3) is 5.80. The van der Waals surface area contributed by atoms with Crippen LogP contribution < -0.4 is 21.0 Å². The molecule has 5 rings (SSSR count). The van der Waals surface area contributed by atoms with Crippen molar-refractivity contribution < 1.29 is 13.9 Å². The minimum Gasteiger partial charge on any atom is -0.458 e. The lowest BCUT2D eigenvalue weighted by Gasteiger charge is -2.22. The van der Waals surface area contributed by atoms with Crippen LogP contribution in [-0.4, -0.2) is 29.0 Å². The van der Waals surface area contributed by atoms with Crippen LogP contribution in [0.25, 0.3) is 11.5 Å². The predicted molar refractivity (Wildman–Crippen MR) is 132 cm³/mol. The molecule has 1 aliphatic carbocycles. The molecule has 0 bridgehead atoms. The van der Waals surface area contributed by atoms with E-state index in [1.54, 1.807) is 0 Å². The first-order valence-electron chi connectivity index (χ1n) is 11.5. The zero-order valence-electron chi connectivity index (χ0n) is 19.4. The Morgan fingerprint density at radius 2 is 2.03 bits per heavy atom. The molecule has 0 radical (unpaired) electrons. The second-order valence-electron chi connectivity index (χ2n) is 8.51. The number of para-hydroxylation sites is 1. The molecule has 1 unspecified atom stereocenters. The molecule has 3 N–H and O–H groups in total. The molecule has 3 aromatic rings. The number of hydrogen-bond acceptors (Lipinski definition) is 7. The molecule has 8 nitrogen and oxygen atoms in total. The first-order valence-corrected chi connectivity index (χ1v) is 11.5. The van der Waals surface area contributed by atoms with Crippen molar-refractivity contribution >= 4 is 5.91 Å². The highest BCUT2D eigenvalue weighted by molar-refractivity contribution is 5.92. The highest BCUT2D eigenvalue weighted by Crippen LogP contribution is 2.22. The highest BCUT2D eigenvalue weighted by atomic mass is 16.5. The van der Waals surface area contributed by atoms with Crippen LogP contribution in [0.2, 0.25) is 0 Å². The van der Waals surface area contributed by atoms with Crippen molar-refractivity contribution in [2.24, 2.45) is 5.92 Å². The Labute approximate surface area is 203 Å². The fraction of sp³-hybridized carbons (Fsp3) is 0.185. The zero-order chi connectivity index (χ0) is 24.0. The summed E-state index contributed by atoms with van der Waals surface area (Å²) in [5, 5.41) is 4.84. The zero-order valence-corrected chi connectivity index (χ0v) is 19.4. The lowest BCUT2D eigenvalue weighted by Crippen LogP contribution is -2.40. The van der Waals surface area contributed by atoms with Crippen LogP contribution in [0.3, 0.4) is 0 Å². The maximum absolute atomic E-state index is 12.5. The van der Waals surface area contributed by atoms with Gasteiger partial charge in [-0.25, -0.2) is 4.98 Å². The maximum atomic E-state index is 12.5. The average molecular weight is 470 g/mol. The molecule has 0 fully saturated rings. The summed E-state index contributed by atoms with van der Waals surface area (Å²) in [4.78, 5) is 16.8. The Morgan fingerprint density at radius 3 is 2.86 bits per heavy atom. The Kier molecular flexibility index (Phi) is 6.63. The number of rotatable bonds is 8. The average Bonchev–Trinajstić information content (AvgIpc) is 3.54. The van der Waals surface area contributed by atoms with Crippen LogP contribution in [0.4, 0.5) is 0 Å². The van der Waals surface area contributed by atoms with Crippen LogP contribution in [0, 0.1) is 12.8 Å². The number of carbonyl (C=O) groups excluding carboxylic acids is 1. The molecule has 1 aromatic heterocycles. The van der Waals surface area contributed by atoms with Gasteiger partial charge in [0.1, 0.15) is 17.8 Å². The van der Waals surface area contributed by atoms with Gasteiger partial charge in [-0.15, -0.1) is 5.53 Å². The Balaban J connectivity index is 1.12. The topological polar surface area (TPSA) is 91.7 Å². The number of benzene rings is 2. The largest absolute Gasteiger partial charge is 0.458 e. The van der Waals surface area contributed by atoms with E-state index >= 15 is 0 Å². The number of hydrazine groups is 2. The summed E-state index contributed by atoms with van der Waals surface area (Å²) in [6, 6.07) is 17.6. The van der Waals surface area contributed by atoms with Gasteiger partial charge in [0.25, 0.3) is 5.91 Å². The van der Waals surface area contributed by atoms with Gasteiger partial charge in [0.15, 0.2) is 5.69 Å². The summed E-state index contributed by atoms with van der Waals surface area (Å²) >= 11 is 0. The van der Waals surface area contributed by atoms with Crippen LogP contribution in [0.5, 0.6) is 5.75 Å². The van der Waals surface area contributed by atoms with Gasteiger partial charge in [0, 0.05) is 24.2 Å². The third-order valence-corrected chi connectivity index (χ3v) is 5.68. The Hall–Kier alpha value is -4.30. The summed E-state index contributed by atoms with van der Waals surface area (Å²) in [6.45, 7) is 3.10. The summed E-state index contributed by atoms with van der Waals surface area (Å²) in [7, 11) is 0. The van der Waals surface area contributed by atoms with Gasteiger partial charge in [-0.05, 0) is 49.8 Å². The molecule has 0 saturated carbocycles. The minimum atomic E-state index is -0.295. The van der Waals surface area contributed by atoms with E-state index in [4.69, 9.17) is 9.15 Å². The fourth-order valence-corrected chi connectivity index (χ4v) is 3.84. The van der Waals surface area contributed by atoms with Crippen molar-refractivity contribution in [1.82, 2.24) is 26.3 Å². The van der Waals surface area contributed by atoms with Crippen molar-refractivity contribution in [2.45, 2.75) is 13.3 Å². The van der Waals surface area contributed by atoms with E-state index in [0.717, 1.165) is 41.3 Å². The van der Waals surface area contributed by atoms with Crippen molar-refractivity contribution in [1.29, 1.82) is 0 Å². The van der Waals surface area contributed by atoms with Gasteiger partial charge < -0.3 is 19.9 Å². The standard InChI is InChI=1S/C27H27N5O3/c1-19-10-12-21(13-11-19)27-29-25(18-34-27)26(33)28-15-22-17-32(31-30-22)16-20-6-5-9-24(14-20)35-23-7-3-2-4-8-23/h2-5,7-14,17-18,20,30-31H,6,15-16H2,1H3,(H,28,33). The van der Waals surface area contributed by atoms with Crippen molar-refractivity contribution in [3.8, 4) is 17.2 Å². The van der Waals surface area contributed by atoms with Gasteiger partial charge in [-0.3, -0.25) is 9.80 Å². The van der Waals surface area contributed by atoms with E-state index in [0.29, 0.717) is 12.4 Å². The highest BCUT2D eigenvalue weighted by Gasteiger charge is 2.19. The normalized spacial score (nSPS) is 16.9. The predicted octanol–water partition coefficient (Wildman–Crippen LogP) is 4.09. The molecule has 1 amide bonds.